The predicted octanol–water partition coefficient (Wildman–Crippen LogP) is 2.23. The van der Waals surface area contributed by atoms with Crippen LogP contribution >= 0.6 is 0 Å². The summed E-state index contributed by atoms with van der Waals surface area (Å²) in [5, 5.41) is 6.15. The first-order valence-corrected chi connectivity index (χ1v) is 6.14. The van der Waals surface area contributed by atoms with Crippen LogP contribution in [-0.2, 0) is 4.79 Å². The van der Waals surface area contributed by atoms with Crippen LogP contribution in [0.5, 0.6) is 0 Å². The Morgan fingerprint density at radius 1 is 1.41 bits per heavy atom. The minimum atomic E-state index is -0.232. The molecule has 0 aliphatic carbocycles. The highest BCUT2D eigenvalue weighted by molar-refractivity contribution is 5.81. The van der Waals surface area contributed by atoms with E-state index < -0.39 is 0 Å². The van der Waals surface area contributed by atoms with Crippen molar-refractivity contribution in [1.29, 1.82) is 0 Å². The van der Waals surface area contributed by atoms with Crippen LogP contribution in [0.4, 0.5) is 0 Å². The first kappa shape index (κ1) is 13.8. The second kappa shape index (κ2) is 6.45. The van der Waals surface area contributed by atoms with E-state index in [0.717, 1.165) is 12.2 Å². The van der Waals surface area contributed by atoms with Crippen molar-refractivity contribution in [3.8, 4) is 0 Å². The number of hydrogen-bond donors (Lipinski definition) is 2. The van der Waals surface area contributed by atoms with Gasteiger partial charge in [-0.3, -0.25) is 10.1 Å². The summed E-state index contributed by atoms with van der Waals surface area (Å²) in [6.45, 7) is 7.89. The van der Waals surface area contributed by atoms with E-state index in [4.69, 9.17) is 4.42 Å². The summed E-state index contributed by atoms with van der Waals surface area (Å²) in [5.41, 5.74) is 0. The Kier molecular flexibility index (Phi) is 5.22. The number of nitrogens with one attached hydrogen (secondary N) is 2. The maximum absolute atomic E-state index is 11.8. The maximum atomic E-state index is 11.8. The van der Waals surface area contributed by atoms with Crippen molar-refractivity contribution >= 4 is 5.91 Å². The van der Waals surface area contributed by atoms with E-state index in [9.17, 15) is 4.79 Å². The highest BCUT2D eigenvalue weighted by atomic mass is 16.3. The van der Waals surface area contributed by atoms with E-state index in [1.165, 1.54) is 0 Å². The molecule has 2 N–H and O–H groups in total. The molecular formula is C13H22N2O2. The number of carbonyl (C=O) groups excluding carboxylic acids is 1. The third kappa shape index (κ3) is 4.23. The van der Waals surface area contributed by atoms with E-state index in [0.29, 0.717) is 0 Å². The van der Waals surface area contributed by atoms with Gasteiger partial charge in [-0.1, -0.05) is 6.92 Å². The molecule has 0 aliphatic heterocycles. The van der Waals surface area contributed by atoms with Gasteiger partial charge in [0, 0.05) is 6.04 Å². The molecule has 0 fully saturated rings. The molecule has 1 rings (SSSR count). The lowest BCUT2D eigenvalue weighted by atomic mass is 10.2. The second-order valence-electron chi connectivity index (χ2n) is 4.44. The van der Waals surface area contributed by atoms with Crippen molar-refractivity contribution in [1.82, 2.24) is 10.6 Å². The quantitative estimate of drug-likeness (QED) is 0.799. The molecular weight excluding hydrogens is 216 g/mol. The fourth-order valence-corrected chi connectivity index (χ4v) is 1.54. The molecule has 0 aromatic carbocycles. The summed E-state index contributed by atoms with van der Waals surface area (Å²) in [7, 11) is 0. The lowest BCUT2D eigenvalue weighted by molar-refractivity contribution is -0.123. The van der Waals surface area contributed by atoms with Crippen LogP contribution < -0.4 is 10.6 Å². The Balaban J connectivity index is 2.43. The molecule has 0 saturated carbocycles. The van der Waals surface area contributed by atoms with Crippen LogP contribution in [-0.4, -0.2) is 18.0 Å². The van der Waals surface area contributed by atoms with Crippen molar-refractivity contribution < 1.29 is 9.21 Å². The van der Waals surface area contributed by atoms with Crippen LogP contribution in [0.15, 0.2) is 22.8 Å². The molecule has 0 bridgehead atoms. The molecule has 1 amide bonds. The minimum Gasteiger partial charge on any atom is -0.468 e. The molecule has 2 unspecified atom stereocenters. The van der Waals surface area contributed by atoms with Gasteiger partial charge >= 0.3 is 0 Å². The van der Waals surface area contributed by atoms with Crippen LogP contribution in [0.3, 0.4) is 0 Å². The van der Waals surface area contributed by atoms with Crippen molar-refractivity contribution in [3.05, 3.63) is 24.2 Å². The van der Waals surface area contributed by atoms with Crippen LogP contribution in [0.2, 0.25) is 0 Å². The highest BCUT2D eigenvalue weighted by Crippen LogP contribution is 2.12. The van der Waals surface area contributed by atoms with E-state index in [2.05, 4.69) is 17.6 Å². The Morgan fingerprint density at radius 2 is 2.12 bits per heavy atom. The fourth-order valence-electron chi connectivity index (χ4n) is 1.54. The minimum absolute atomic E-state index is 0.0257. The molecule has 3 atom stereocenters. The first-order chi connectivity index (χ1) is 8.04. The lowest BCUT2D eigenvalue weighted by Gasteiger charge is -2.20. The third-order valence-electron chi connectivity index (χ3n) is 2.86. The van der Waals surface area contributed by atoms with Crippen molar-refractivity contribution in [3.63, 3.8) is 0 Å². The molecule has 1 heterocycles. The van der Waals surface area contributed by atoms with Gasteiger partial charge in [-0.25, -0.2) is 0 Å². The molecule has 1 aromatic heterocycles. The maximum Gasteiger partial charge on any atom is 0.237 e. The monoisotopic (exact) mass is 238 g/mol. The molecule has 4 nitrogen and oxygen atoms in total. The van der Waals surface area contributed by atoms with Gasteiger partial charge in [0.2, 0.25) is 5.91 Å². The average Bonchev–Trinajstić information content (AvgIpc) is 2.82. The normalized spacial score (nSPS) is 16.2. The van der Waals surface area contributed by atoms with Gasteiger partial charge < -0.3 is 9.73 Å². The summed E-state index contributed by atoms with van der Waals surface area (Å²) < 4.78 is 5.28. The van der Waals surface area contributed by atoms with Gasteiger partial charge in [0.25, 0.3) is 0 Å². The fraction of sp³-hybridized carbons (Fsp3) is 0.615. The SMILES string of the molecule is CCC(C)NC(=O)C(C)N[C@@H](C)c1ccco1. The lowest BCUT2D eigenvalue weighted by Crippen LogP contribution is -2.45. The molecule has 0 spiro atoms. The van der Waals surface area contributed by atoms with Crippen molar-refractivity contribution in [2.75, 3.05) is 0 Å². The number of carbonyl (C=O) groups is 1. The average molecular weight is 238 g/mol. The molecule has 0 saturated heterocycles. The van der Waals surface area contributed by atoms with Crippen molar-refractivity contribution in [2.24, 2.45) is 0 Å². The molecule has 4 heteroatoms. The van der Waals surface area contributed by atoms with Gasteiger partial charge in [-0.05, 0) is 39.3 Å². The predicted molar refractivity (Wildman–Crippen MR) is 67.6 cm³/mol. The molecule has 1 aromatic rings. The Bertz CT molecular complexity index is 335. The van der Waals surface area contributed by atoms with Crippen LogP contribution in [0, 0.1) is 0 Å². The third-order valence-corrected chi connectivity index (χ3v) is 2.86. The number of amides is 1. The second-order valence-corrected chi connectivity index (χ2v) is 4.44. The molecule has 0 aliphatic rings. The van der Waals surface area contributed by atoms with E-state index >= 15 is 0 Å². The zero-order valence-electron chi connectivity index (χ0n) is 11.0. The smallest absolute Gasteiger partial charge is 0.237 e. The number of furan rings is 1. The van der Waals surface area contributed by atoms with Crippen LogP contribution in [0.25, 0.3) is 0 Å². The van der Waals surface area contributed by atoms with Gasteiger partial charge in [0.05, 0.1) is 18.3 Å². The van der Waals surface area contributed by atoms with Crippen LogP contribution in [0.1, 0.15) is 45.9 Å². The van der Waals surface area contributed by atoms with Crippen molar-refractivity contribution in [2.45, 2.75) is 52.2 Å². The number of hydrogen-bond acceptors (Lipinski definition) is 3. The van der Waals surface area contributed by atoms with E-state index in [1.807, 2.05) is 32.9 Å². The molecule has 0 radical (unpaired) electrons. The molecule has 96 valence electrons. The van der Waals surface area contributed by atoms with Gasteiger partial charge in [0.1, 0.15) is 5.76 Å². The Morgan fingerprint density at radius 3 is 2.65 bits per heavy atom. The van der Waals surface area contributed by atoms with Gasteiger partial charge in [-0.15, -0.1) is 0 Å². The summed E-state index contributed by atoms with van der Waals surface area (Å²) in [4.78, 5) is 11.8. The highest BCUT2D eigenvalue weighted by Gasteiger charge is 2.18. The van der Waals surface area contributed by atoms with Gasteiger partial charge in [-0.2, -0.15) is 0 Å². The van der Waals surface area contributed by atoms with E-state index in [-0.39, 0.29) is 24.0 Å². The Hall–Kier alpha value is -1.29. The standard InChI is InChI=1S/C13H22N2O2/c1-5-9(2)14-13(16)11(4)15-10(3)12-7-6-8-17-12/h6-11,15H,5H2,1-4H3,(H,14,16)/t9?,10-,11?/m0/s1. The summed E-state index contributed by atoms with van der Waals surface area (Å²) in [6.07, 6.45) is 2.57. The zero-order valence-corrected chi connectivity index (χ0v) is 11.0. The number of rotatable bonds is 6. The summed E-state index contributed by atoms with van der Waals surface area (Å²) in [5.74, 6) is 0.867. The molecule has 17 heavy (non-hydrogen) atoms. The van der Waals surface area contributed by atoms with Gasteiger partial charge in [0.15, 0.2) is 0 Å². The Labute approximate surface area is 103 Å². The zero-order chi connectivity index (χ0) is 12.8. The summed E-state index contributed by atoms with van der Waals surface area (Å²) >= 11 is 0. The van der Waals surface area contributed by atoms with E-state index in [1.54, 1.807) is 6.26 Å². The first-order valence-electron chi connectivity index (χ1n) is 6.14. The topological polar surface area (TPSA) is 54.3 Å². The largest absolute Gasteiger partial charge is 0.468 e. The summed E-state index contributed by atoms with van der Waals surface area (Å²) in [6, 6.07) is 3.76.